The zero-order valence-corrected chi connectivity index (χ0v) is 10.8. The summed E-state index contributed by atoms with van der Waals surface area (Å²) in [6, 6.07) is 10.2. The van der Waals surface area contributed by atoms with Gasteiger partial charge >= 0.3 is 0 Å². The van der Waals surface area contributed by atoms with Crippen LogP contribution in [-0.4, -0.2) is 23.3 Å². The molecule has 0 spiro atoms. The molecule has 4 heteroatoms. The van der Waals surface area contributed by atoms with Crippen molar-refractivity contribution in [3.63, 3.8) is 0 Å². The third kappa shape index (κ3) is 2.84. The van der Waals surface area contributed by atoms with Crippen molar-refractivity contribution in [3.05, 3.63) is 41.5 Å². The lowest BCUT2D eigenvalue weighted by Crippen LogP contribution is -2.14. The molecular weight excluding hydrogens is 224 g/mol. The molecule has 1 heterocycles. The Morgan fingerprint density at radius 1 is 1.06 bits per heavy atom. The zero-order valence-electron chi connectivity index (χ0n) is 10.8. The van der Waals surface area contributed by atoms with Gasteiger partial charge in [-0.25, -0.2) is 0 Å². The average molecular weight is 242 g/mol. The molecule has 0 fully saturated rings. The maximum atomic E-state index is 5.42. The van der Waals surface area contributed by atoms with E-state index in [0.29, 0.717) is 13.1 Å². The molecule has 94 valence electrons. The van der Waals surface area contributed by atoms with Crippen LogP contribution in [0.4, 0.5) is 5.82 Å². The molecule has 4 nitrogen and oxygen atoms in total. The normalized spacial score (nSPS) is 10.4. The smallest absolute Gasteiger partial charge is 0.148 e. The molecule has 0 aliphatic rings. The summed E-state index contributed by atoms with van der Waals surface area (Å²) in [5.41, 5.74) is 9.95. The van der Waals surface area contributed by atoms with Gasteiger partial charge in [0.25, 0.3) is 0 Å². The molecule has 0 radical (unpaired) electrons. The van der Waals surface area contributed by atoms with Crippen molar-refractivity contribution in [2.45, 2.75) is 13.8 Å². The number of benzene rings is 1. The summed E-state index contributed by atoms with van der Waals surface area (Å²) >= 11 is 0. The second kappa shape index (κ2) is 5.60. The van der Waals surface area contributed by atoms with Crippen LogP contribution in [0.3, 0.4) is 0 Å². The highest BCUT2D eigenvalue weighted by Gasteiger charge is 2.02. The van der Waals surface area contributed by atoms with E-state index in [9.17, 15) is 0 Å². The van der Waals surface area contributed by atoms with Crippen molar-refractivity contribution < 1.29 is 0 Å². The minimum atomic E-state index is 0.584. The molecular formula is C14H18N4. The van der Waals surface area contributed by atoms with Crippen LogP contribution < -0.4 is 11.1 Å². The summed E-state index contributed by atoms with van der Waals surface area (Å²) in [6.45, 7) is 5.49. The summed E-state index contributed by atoms with van der Waals surface area (Å²) in [4.78, 5) is 0. The summed E-state index contributed by atoms with van der Waals surface area (Å²) in [5.74, 6) is 0.757. The van der Waals surface area contributed by atoms with Gasteiger partial charge in [0.2, 0.25) is 0 Å². The van der Waals surface area contributed by atoms with Crippen molar-refractivity contribution in [1.29, 1.82) is 0 Å². The van der Waals surface area contributed by atoms with E-state index < -0.39 is 0 Å². The molecule has 0 aliphatic carbocycles. The second-order valence-corrected chi connectivity index (χ2v) is 4.32. The van der Waals surface area contributed by atoms with E-state index >= 15 is 0 Å². The first-order chi connectivity index (χ1) is 8.70. The zero-order chi connectivity index (χ0) is 13.0. The molecule has 2 aromatic rings. The predicted octanol–water partition coefficient (Wildman–Crippen LogP) is 2.13. The Bertz CT molecular complexity index is 520. The molecule has 2 rings (SSSR count). The van der Waals surface area contributed by atoms with Gasteiger partial charge in [0, 0.05) is 18.7 Å². The molecule has 0 saturated carbocycles. The first-order valence-corrected chi connectivity index (χ1v) is 6.06. The van der Waals surface area contributed by atoms with Crippen LogP contribution in [-0.2, 0) is 0 Å². The molecule has 0 aliphatic heterocycles. The number of hydrogen-bond donors (Lipinski definition) is 2. The van der Waals surface area contributed by atoms with Crippen LogP contribution in [0.1, 0.15) is 11.1 Å². The highest BCUT2D eigenvalue weighted by Crippen LogP contribution is 2.20. The van der Waals surface area contributed by atoms with E-state index in [4.69, 9.17) is 5.73 Å². The lowest BCUT2D eigenvalue weighted by molar-refractivity contribution is 0.974. The van der Waals surface area contributed by atoms with Crippen molar-refractivity contribution in [2.24, 2.45) is 5.73 Å². The highest BCUT2D eigenvalue weighted by molar-refractivity contribution is 5.61. The summed E-state index contributed by atoms with van der Waals surface area (Å²) in [5, 5.41) is 11.4. The summed E-state index contributed by atoms with van der Waals surface area (Å²) in [7, 11) is 0. The molecule has 0 saturated heterocycles. The molecule has 1 aromatic carbocycles. The van der Waals surface area contributed by atoms with Crippen molar-refractivity contribution in [3.8, 4) is 11.3 Å². The Hall–Kier alpha value is -1.94. The van der Waals surface area contributed by atoms with Gasteiger partial charge < -0.3 is 11.1 Å². The van der Waals surface area contributed by atoms with E-state index in [0.717, 1.165) is 17.1 Å². The maximum Gasteiger partial charge on any atom is 0.148 e. The number of hydrogen-bond acceptors (Lipinski definition) is 4. The number of nitrogens with two attached hydrogens (primary N) is 1. The standard InChI is InChI=1S/C14H18N4/c1-10-3-4-12(9-11(10)2)13-5-6-14(18-17-13)16-8-7-15/h3-6,9H,7-8,15H2,1-2H3,(H,16,18). The minimum Gasteiger partial charge on any atom is -0.367 e. The SMILES string of the molecule is Cc1ccc(-c2ccc(NCCN)nn2)cc1C. The van der Waals surface area contributed by atoms with Gasteiger partial charge in [-0.1, -0.05) is 12.1 Å². The van der Waals surface area contributed by atoms with Gasteiger partial charge in [-0.05, 0) is 43.2 Å². The molecule has 1 aromatic heterocycles. The number of aromatic nitrogens is 2. The Labute approximate surface area is 107 Å². The van der Waals surface area contributed by atoms with E-state index in [2.05, 4.69) is 47.6 Å². The highest BCUT2D eigenvalue weighted by atomic mass is 15.2. The van der Waals surface area contributed by atoms with Gasteiger partial charge in [-0.3, -0.25) is 0 Å². The lowest BCUT2D eigenvalue weighted by Gasteiger charge is -2.06. The van der Waals surface area contributed by atoms with Gasteiger partial charge in [0.1, 0.15) is 5.82 Å². The lowest BCUT2D eigenvalue weighted by atomic mass is 10.0. The fourth-order valence-corrected chi connectivity index (χ4v) is 1.68. The topological polar surface area (TPSA) is 63.8 Å². The second-order valence-electron chi connectivity index (χ2n) is 4.32. The molecule has 0 amide bonds. The van der Waals surface area contributed by atoms with Crippen LogP contribution in [0, 0.1) is 13.8 Å². The fraction of sp³-hybridized carbons (Fsp3) is 0.286. The molecule has 3 N–H and O–H groups in total. The van der Waals surface area contributed by atoms with E-state index in [1.165, 1.54) is 11.1 Å². The van der Waals surface area contributed by atoms with E-state index in [1.807, 2.05) is 12.1 Å². The number of nitrogens with zero attached hydrogens (tertiary/aromatic N) is 2. The van der Waals surface area contributed by atoms with Gasteiger partial charge in [0.15, 0.2) is 0 Å². The van der Waals surface area contributed by atoms with Crippen molar-refractivity contribution in [2.75, 3.05) is 18.4 Å². The summed E-state index contributed by atoms with van der Waals surface area (Å²) in [6.07, 6.45) is 0. The fourth-order valence-electron chi connectivity index (χ4n) is 1.68. The molecule has 0 unspecified atom stereocenters. The van der Waals surface area contributed by atoms with Crippen LogP contribution in [0.25, 0.3) is 11.3 Å². The largest absolute Gasteiger partial charge is 0.367 e. The van der Waals surface area contributed by atoms with Gasteiger partial charge in [-0.15, -0.1) is 10.2 Å². The number of nitrogens with one attached hydrogen (secondary N) is 1. The van der Waals surface area contributed by atoms with Crippen LogP contribution >= 0.6 is 0 Å². The Kier molecular flexibility index (Phi) is 3.89. The van der Waals surface area contributed by atoms with Gasteiger partial charge in [0.05, 0.1) is 5.69 Å². The molecule has 0 bridgehead atoms. The number of anilines is 1. The quantitative estimate of drug-likeness (QED) is 0.862. The third-order valence-corrected chi connectivity index (χ3v) is 2.92. The monoisotopic (exact) mass is 242 g/mol. The number of rotatable bonds is 4. The average Bonchev–Trinajstić information content (AvgIpc) is 2.40. The van der Waals surface area contributed by atoms with Crippen LogP contribution in [0.2, 0.25) is 0 Å². The first-order valence-electron chi connectivity index (χ1n) is 6.06. The van der Waals surface area contributed by atoms with E-state index in [-0.39, 0.29) is 0 Å². The Morgan fingerprint density at radius 3 is 2.50 bits per heavy atom. The third-order valence-electron chi connectivity index (χ3n) is 2.92. The predicted molar refractivity (Wildman–Crippen MR) is 74.5 cm³/mol. The van der Waals surface area contributed by atoms with Crippen LogP contribution in [0.15, 0.2) is 30.3 Å². The minimum absolute atomic E-state index is 0.584. The Balaban J connectivity index is 2.20. The maximum absolute atomic E-state index is 5.42. The van der Waals surface area contributed by atoms with Crippen molar-refractivity contribution in [1.82, 2.24) is 10.2 Å². The molecule has 18 heavy (non-hydrogen) atoms. The van der Waals surface area contributed by atoms with E-state index in [1.54, 1.807) is 0 Å². The molecule has 0 atom stereocenters. The number of aryl methyl sites for hydroxylation is 2. The van der Waals surface area contributed by atoms with Crippen LogP contribution in [0.5, 0.6) is 0 Å². The first kappa shape index (κ1) is 12.5. The van der Waals surface area contributed by atoms with Gasteiger partial charge in [-0.2, -0.15) is 0 Å². The Morgan fingerprint density at radius 2 is 1.89 bits per heavy atom. The van der Waals surface area contributed by atoms with Crippen molar-refractivity contribution >= 4 is 5.82 Å². The summed E-state index contributed by atoms with van der Waals surface area (Å²) < 4.78 is 0.